The lowest BCUT2D eigenvalue weighted by atomic mass is 10.1. The van der Waals surface area contributed by atoms with Crippen LogP contribution in [-0.4, -0.2) is 57.4 Å². The van der Waals surface area contributed by atoms with Gasteiger partial charge in [0.15, 0.2) is 0 Å². The Balaban J connectivity index is 1.70. The number of methoxy groups -OCH3 is 1. The topological polar surface area (TPSA) is 96.0 Å². The molecule has 8 nitrogen and oxygen atoms in total. The van der Waals surface area contributed by atoms with Crippen molar-refractivity contribution in [3.8, 4) is 5.75 Å². The summed E-state index contributed by atoms with van der Waals surface area (Å²) in [5, 5.41) is 3.37. The van der Waals surface area contributed by atoms with Gasteiger partial charge in [0.25, 0.3) is 10.0 Å². The molecule has 224 valence electrons. The zero-order valence-corrected chi connectivity index (χ0v) is 25.8. The number of nitrogens with one attached hydrogen (secondary N) is 1. The van der Waals surface area contributed by atoms with Crippen molar-refractivity contribution in [1.82, 2.24) is 10.2 Å². The quantitative estimate of drug-likeness (QED) is 0.297. The van der Waals surface area contributed by atoms with Crippen LogP contribution in [0.3, 0.4) is 0 Å². The molecule has 0 aromatic heterocycles. The molecule has 1 N–H and O–H groups in total. The Morgan fingerprint density at radius 2 is 1.69 bits per heavy atom. The monoisotopic (exact) mass is 611 g/mol. The van der Waals surface area contributed by atoms with Crippen molar-refractivity contribution in [2.75, 3.05) is 24.5 Å². The van der Waals surface area contributed by atoms with Crippen molar-refractivity contribution in [3.63, 3.8) is 0 Å². The number of carbonyl (C=O) groups is 2. The van der Waals surface area contributed by atoms with E-state index in [2.05, 4.69) is 5.32 Å². The lowest BCUT2D eigenvalue weighted by Gasteiger charge is -2.33. The van der Waals surface area contributed by atoms with Gasteiger partial charge in [0.1, 0.15) is 18.3 Å². The van der Waals surface area contributed by atoms with E-state index in [1.165, 1.54) is 30.2 Å². The van der Waals surface area contributed by atoms with E-state index in [1.54, 1.807) is 31.2 Å². The maximum absolute atomic E-state index is 14.1. The summed E-state index contributed by atoms with van der Waals surface area (Å²) in [6, 6.07) is 19.9. The number of aryl methyl sites for hydroxylation is 1. The molecule has 3 aromatic carbocycles. The minimum absolute atomic E-state index is 0.0192. The van der Waals surface area contributed by atoms with Crippen molar-refractivity contribution in [3.05, 3.63) is 88.9 Å². The van der Waals surface area contributed by atoms with Gasteiger partial charge in [-0.3, -0.25) is 13.9 Å². The van der Waals surface area contributed by atoms with Gasteiger partial charge >= 0.3 is 0 Å². The minimum Gasteiger partial charge on any atom is -0.495 e. The third-order valence-corrected chi connectivity index (χ3v) is 9.66. The molecule has 0 bridgehead atoms. The van der Waals surface area contributed by atoms with Crippen molar-refractivity contribution in [2.24, 2.45) is 0 Å². The number of halogens is 1. The highest BCUT2D eigenvalue weighted by atomic mass is 35.5. The van der Waals surface area contributed by atoms with E-state index < -0.39 is 28.5 Å². The smallest absolute Gasteiger partial charge is 0.264 e. The number of sulfonamides is 1. The standard InChI is InChI=1S/C32H38ClN3O5S/c1-23-13-16-28(17-14-23)42(39,40)36(29-21-26(33)15-18-30(29)41-3)22-31(37)35(20-19-25-9-5-4-6-10-25)24(2)32(38)34-27-11-7-8-12-27/h4-6,9-10,13-18,21,24,27H,7-8,11-12,19-20,22H2,1-3H3,(H,34,38). The SMILES string of the molecule is COc1ccc(Cl)cc1N(CC(=O)N(CCc1ccccc1)C(C)C(=O)NC1CCCC1)S(=O)(=O)c1ccc(C)cc1. The van der Waals surface area contributed by atoms with Crippen LogP contribution in [-0.2, 0) is 26.0 Å². The van der Waals surface area contributed by atoms with E-state index >= 15 is 0 Å². The minimum atomic E-state index is -4.23. The average Bonchev–Trinajstić information content (AvgIpc) is 3.49. The van der Waals surface area contributed by atoms with Crippen LogP contribution in [0.15, 0.2) is 77.7 Å². The molecule has 10 heteroatoms. The lowest BCUT2D eigenvalue weighted by Crippen LogP contribution is -2.53. The highest BCUT2D eigenvalue weighted by Crippen LogP contribution is 2.35. The lowest BCUT2D eigenvalue weighted by molar-refractivity contribution is -0.139. The fourth-order valence-electron chi connectivity index (χ4n) is 5.17. The highest BCUT2D eigenvalue weighted by Gasteiger charge is 2.34. The van der Waals surface area contributed by atoms with Gasteiger partial charge in [-0.25, -0.2) is 8.42 Å². The third kappa shape index (κ3) is 7.63. The molecule has 1 aliphatic carbocycles. The number of amides is 2. The molecule has 1 atom stereocenters. The molecule has 0 aliphatic heterocycles. The van der Waals surface area contributed by atoms with Crippen molar-refractivity contribution >= 4 is 39.1 Å². The number of benzene rings is 3. The van der Waals surface area contributed by atoms with Crippen LogP contribution >= 0.6 is 11.6 Å². The molecule has 0 heterocycles. The predicted octanol–water partition coefficient (Wildman–Crippen LogP) is 5.37. The summed E-state index contributed by atoms with van der Waals surface area (Å²) in [5.41, 5.74) is 2.02. The molecule has 0 spiro atoms. The first-order valence-electron chi connectivity index (χ1n) is 14.2. The number of hydrogen-bond acceptors (Lipinski definition) is 5. The second kappa shape index (κ2) is 14.1. The Hall–Kier alpha value is -3.56. The maximum Gasteiger partial charge on any atom is 0.264 e. The molecule has 1 unspecified atom stereocenters. The van der Waals surface area contributed by atoms with Crippen LogP contribution in [0.5, 0.6) is 5.75 Å². The van der Waals surface area contributed by atoms with Gasteiger partial charge in [-0.2, -0.15) is 0 Å². The predicted molar refractivity (Wildman–Crippen MR) is 165 cm³/mol. The normalized spacial score (nSPS) is 14.3. The van der Waals surface area contributed by atoms with Gasteiger partial charge in [-0.15, -0.1) is 0 Å². The fraction of sp³-hybridized carbons (Fsp3) is 0.375. The first kappa shape index (κ1) is 31.4. The molecule has 0 saturated heterocycles. The van der Waals surface area contributed by atoms with Crippen LogP contribution in [0.2, 0.25) is 5.02 Å². The molecule has 1 aliphatic rings. The van der Waals surface area contributed by atoms with Crippen molar-refractivity contribution in [2.45, 2.75) is 62.9 Å². The van der Waals surface area contributed by atoms with E-state index in [0.717, 1.165) is 41.1 Å². The number of carbonyl (C=O) groups excluding carboxylic acids is 2. The van der Waals surface area contributed by atoms with Crippen LogP contribution in [0.4, 0.5) is 5.69 Å². The van der Waals surface area contributed by atoms with Gasteiger partial charge in [0.2, 0.25) is 11.8 Å². The third-order valence-electron chi connectivity index (χ3n) is 7.65. The van der Waals surface area contributed by atoms with E-state index in [-0.39, 0.29) is 39.8 Å². The number of ether oxygens (including phenoxy) is 1. The molecular formula is C32H38ClN3O5S. The summed E-state index contributed by atoms with van der Waals surface area (Å²) >= 11 is 6.30. The Bertz CT molecular complexity index is 1480. The summed E-state index contributed by atoms with van der Waals surface area (Å²) in [6.07, 6.45) is 4.44. The highest BCUT2D eigenvalue weighted by molar-refractivity contribution is 7.92. The van der Waals surface area contributed by atoms with Crippen LogP contribution < -0.4 is 14.4 Å². The number of anilines is 1. The van der Waals surface area contributed by atoms with Crippen LogP contribution in [0, 0.1) is 6.92 Å². The largest absolute Gasteiger partial charge is 0.495 e. The Kier molecular flexibility index (Phi) is 10.5. The maximum atomic E-state index is 14.1. The molecule has 3 aromatic rings. The first-order chi connectivity index (χ1) is 20.1. The molecule has 1 saturated carbocycles. The molecule has 0 radical (unpaired) electrons. The second-order valence-electron chi connectivity index (χ2n) is 10.6. The van der Waals surface area contributed by atoms with Crippen molar-refractivity contribution in [1.29, 1.82) is 0 Å². The van der Waals surface area contributed by atoms with Crippen LogP contribution in [0.1, 0.15) is 43.7 Å². The van der Waals surface area contributed by atoms with Gasteiger partial charge in [-0.1, -0.05) is 72.5 Å². The average molecular weight is 612 g/mol. The molecule has 2 amide bonds. The number of nitrogens with zero attached hydrogens (tertiary/aromatic N) is 2. The van der Waals surface area contributed by atoms with Gasteiger partial charge in [0, 0.05) is 17.6 Å². The van der Waals surface area contributed by atoms with E-state index in [0.29, 0.717) is 6.42 Å². The van der Waals surface area contributed by atoms with E-state index in [9.17, 15) is 18.0 Å². The number of rotatable bonds is 12. The first-order valence-corrected chi connectivity index (χ1v) is 16.0. The molecular weight excluding hydrogens is 574 g/mol. The summed E-state index contributed by atoms with van der Waals surface area (Å²) in [5.74, 6) is -0.528. The zero-order chi connectivity index (χ0) is 30.3. The molecule has 4 rings (SSSR count). The van der Waals surface area contributed by atoms with Crippen LogP contribution in [0.25, 0.3) is 0 Å². The van der Waals surface area contributed by atoms with Crippen molar-refractivity contribution < 1.29 is 22.7 Å². The number of hydrogen-bond donors (Lipinski definition) is 1. The second-order valence-corrected chi connectivity index (χ2v) is 12.9. The van der Waals surface area contributed by atoms with E-state index in [4.69, 9.17) is 16.3 Å². The Morgan fingerprint density at radius 1 is 1.02 bits per heavy atom. The molecule has 42 heavy (non-hydrogen) atoms. The zero-order valence-electron chi connectivity index (χ0n) is 24.3. The van der Waals surface area contributed by atoms with Gasteiger partial charge < -0.3 is 15.0 Å². The summed E-state index contributed by atoms with van der Waals surface area (Å²) in [6.45, 7) is 3.22. The summed E-state index contributed by atoms with van der Waals surface area (Å²) in [7, 11) is -2.81. The summed E-state index contributed by atoms with van der Waals surface area (Å²) in [4.78, 5) is 28.9. The van der Waals surface area contributed by atoms with Gasteiger partial charge in [0.05, 0.1) is 17.7 Å². The van der Waals surface area contributed by atoms with E-state index in [1.807, 2.05) is 37.3 Å². The molecule has 1 fully saturated rings. The van der Waals surface area contributed by atoms with Gasteiger partial charge in [-0.05, 0) is 69.0 Å². The summed E-state index contributed by atoms with van der Waals surface area (Å²) < 4.78 is 34.6. The fourth-order valence-corrected chi connectivity index (χ4v) is 6.75. The Morgan fingerprint density at radius 3 is 2.33 bits per heavy atom. The Labute approximate surface area is 253 Å².